The van der Waals surface area contributed by atoms with E-state index in [0.717, 1.165) is 28.7 Å². The monoisotopic (exact) mass is 574 g/mol. The molecule has 2 aromatic heterocycles. The van der Waals surface area contributed by atoms with Gasteiger partial charge in [0.05, 0.1) is 27.6 Å². The van der Waals surface area contributed by atoms with Gasteiger partial charge in [-0.1, -0.05) is 24.3 Å². The lowest BCUT2D eigenvalue weighted by Crippen LogP contribution is -2.20. The van der Waals surface area contributed by atoms with Crippen LogP contribution in [-0.2, 0) is 6.18 Å². The van der Waals surface area contributed by atoms with Crippen LogP contribution in [0.5, 0.6) is 11.6 Å². The van der Waals surface area contributed by atoms with E-state index in [1.807, 2.05) is 19.0 Å². The molecule has 0 aliphatic carbocycles. The number of anilines is 1. The number of fused-ring (bicyclic) bond motifs is 1. The van der Waals surface area contributed by atoms with E-state index in [-0.39, 0.29) is 34.1 Å². The van der Waals surface area contributed by atoms with Crippen molar-refractivity contribution in [2.45, 2.75) is 6.18 Å². The lowest BCUT2D eigenvalue weighted by molar-refractivity contribution is -0.385. The first-order valence-corrected chi connectivity index (χ1v) is 12.3. The number of rotatable bonds is 7. The molecule has 13 heteroatoms. The van der Waals surface area contributed by atoms with Gasteiger partial charge in [-0.3, -0.25) is 14.9 Å². The number of nitro groups is 1. The summed E-state index contributed by atoms with van der Waals surface area (Å²) in [6, 6.07) is 18.6. The zero-order valence-corrected chi connectivity index (χ0v) is 22.1. The van der Waals surface area contributed by atoms with E-state index in [1.54, 1.807) is 42.5 Å². The van der Waals surface area contributed by atoms with Crippen molar-refractivity contribution in [1.29, 1.82) is 0 Å². The minimum absolute atomic E-state index is 0.0411. The predicted molar refractivity (Wildman–Crippen MR) is 151 cm³/mol. The van der Waals surface area contributed by atoms with Crippen molar-refractivity contribution >= 4 is 28.5 Å². The van der Waals surface area contributed by atoms with E-state index in [9.17, 15) is 28.1 Å². The molecule has 0 saturated heterocycles. The summed E-state index contributed by atoms with van der Waals surface area (Å²) in [5.41, 5.74) is -0.230. The average Bonchev–Trinajstić information content (AvgIpc) is 2.97. The van der Waals surface area contributed by atoms with Crippen molar-refractivity contribution in [2.75, 3.05) is 19.0 Å². The van der Waals surface area contributed by atoms with E-state index in [2.05, 4.69) is 15.1 Å². The third-order valence-electron chi connectivity index (χ3n) is 6.17. The first-order valence-electron chi connectivity index (χ1n) is 12.3. The minimum Gasteiger partial charge on any atom is -0.438 e. The summed E-state index contributed by atoms with van der Waals surface area (Å²) in [7, 11) is 3.64. The van der Waals surface area contributed by atoms with Crippen LogP contribution in [0.15, 0.2) is 95.0 Å². The molecule has 212 valence electrons. The van der Waals surface area contributed by atoms with Crippen molar-refractivity contribution in [3.8, 4) is 23.0 Å². The van der Waals surface area contributed by atoms with Crippen LogP contribution in [-0.4, -0.2) is 39.9 Å². The minimum atomic E-state index is -4.60. The van der Waals surface area contributed by atoms with Gasteiger partial charge < -0.3 is 9.64 Å². The van der Waals surface area contributed by atoms with E-state index < -0.39 is 22.2 Å². The molecule has 0 aliphatic rings. The van der Waals surface area contributed by atoms with Gasteiger partial charge in [0.1, 0.15) is 11.9 Å². The zero-order valence-electron chi connectivity index (χ0n) is 22.1. The first kappa shape index (κ1) is 28.0. The number of hydrogen-bond acceptors (Lipinski definition) is 8. The topological polar surface area (TPSA) is 116 Å². The van der Waals surface area contributed by atoms with Crippen molar-refractivity contribution in [2.24, 2.45) is 5.10 Å². The van der Waals surface area contributed by atoms with Crippen LogP contribution >= 0.6 is 0 Å². The summed E-state index contributed by atoms with van der Waals surface area (Å²) in [6.07, 6.45) is -2.23. The molecule has 3 aromatic carbocycles. The Kier molecular flexibility index (Phi) is 7.40. The van der Waals surface area contributed by atoms with Gasteiger partial charge in [0, 0.05) is 49.1 Å². The van der Waals surface area contributed by atoms with Crippen molar-refractivity contribution in [3.05, 3.63) is 117 Å². The molecule has 0 unspecified atom stereocenters. The van der Waals surface area contributed by atoms with Crippen LogP contribution in [0, 0.1) is 10.1 Å². The van der Waals surface area contributed by atoms with Gasteiger partial charge in [0.25, 0.3) is 11.2 Å². The van der Waals surface area contributed by atoms with Gasteiger partial charge in [-0.2, -0.15) is 22.9 Å². The Bertz CT molecular complexity index is 1890. The molecule has 10 nitrogen and oxygen atoms in total. The molecule has 5 rings (SSSR count). The standard InChI is InChI=1S/C29H21F3N6O4/c1-36(2)21-11-10-19(25(15-21)42-26-13-12-22(17-33-26)38(40)41)16-34-37-27(18-6-5-7-20(14-18)29(30,31)32)35-24-9-4-3-8-23(24)28(37)39/h3-17H,1-2H3. The first-order chi connectivity index (χ1) is 20.0. The summed E-state index contributed by atoms with van der Waals surface area (Å²) in [5.74, 6) is 0.236. The molecule has 0 saturated carbocycles. The van der Waals surface area contributed by atoms with Gasteiger partial charge >= 0.3 is 6.18 Å². The maximum Gasteiger partial charge on any atom is 0.416 e. The van der Waals surface area contributed by atoms with Crippen LogP contribution in [0.25, 0.3) is 22.3 Å². The van der Waals surface area contributed by atoms with E-state index >= 15 is 0 Å². The third kappa shape index (κ3) is 5.80. The highest BCUT2D eigenvalue weighted by Gasteiger charge is 2.31. The molecule has 0 spiro atoms. The maximum absolute atomic E-state index is 13.5. The number of ether oxygens (including phenoxy) is 1. The second-order valence-corrected chi connectivity index (χ2v) is 9.22. The van der Waals surface area contributed by atoms with Crippen molar-refractivity contribution in [1.82, 2.24) is 14.6 Å². The lowest BCUT2D eigenvalue weighted by atomic mass is 10.1. The maximum atomic E-state index is 13.5. The van der Waals surface area contributed by atoms with Gasteiger partial charge in [0.2, 0.25) is 5.88 Å². The molecule has 0 bridgehead atoms. The molecule has 0 amide bonds. The van der Waals surface area contributed by atoms with E-state index in [0.29, 0.717) is 11.1 Å². The average molecular weight is 575 g/mol. The molecular formula is C29H21F3N6O4. The van der Waals surface area contributed by atoms with Gasteiger partial charge in [-0.15, -0.1) is 0 Å². The fourth-order valence-corrected chi connectivity index (χ4v) is 4.02. The number of pyridine rings is 1. The summed E-state index contributed by atoms with van der Waals surface area (Å²) >= 11 is 0. The Hall–Kier alpha value is -5.59. The van der Waals surface area contributed by atoms with Gasteiger partial charge in [0.15, 0.2) is 5.82 Å². The summed E-state index contributed by atoms with van der Waals surface area (Å²) in [5, 5.41) is 15.5. The molecule has 42 heavy (non-hydrogen) atoms. The Morgan fingerprint density at radius 1 is 1.02 bits per heavy atom. The SMILES string of the molecule is CN(C)c1ccc(C=Nn2c(-c3cccc(C(F)(F)F)c3)nc3ccccc3c2=O)c(Oc2ccc([N+](=O)[O-])cn2)c1. The normalized spacial score (nSPS) is 11.6. The molecule has 5 aromatic rings. The number of benzene rings is 3. The zero-order chi connectivity index (χ0) is 30.0. The number of alkyl halides is 3. The number of aromatic nitrogens is 3. The lowest BCUT2D eigenvalue weighted by Gasteiger charge is -2.16. The van der Waals surface area contributed by atoms with Crippen LogP contribution in [0.2, 0.25) is 0 Å². The van der Waals surface area contributed by atoms with Crippen molar-refractivity contribution < 1.29 is 22.8 Å². The molecule has 0 N–H and O–H groups in total. The molecular weight excluding hydrogens is 553 g/mol. The highest BCUT2D eigenvalue weighted by Crippen LogP contribution is 2.32. The van der Waals surface area contributed by atoms with Crippen molar-refractivity contribution in [3.63, 3.8) is 0 Å². The number of para-hydroxylation sites is 1. The molecule has 0 radical (unpaired) electrons. The van der Waals surface area contributed by atoms with Gasteiger partial charge in [-0.05, 0) is 36.4 Å². The summed E-state index contributed by atoms with van der Waals surface area (Å²) in [6.45, 7) is 0. The highest BCUT2D eigenvalue weighted by atomic mass is 19.4. The Labute approximate surface area is 236 Å². The Balaban J connectivity index is 1.63. The molecule has 2 heterocycles. The largest absolute Gasteiger partial charge is 0.438 e. The van der Waals surface area contributed by atoms with Crippen LogP contribution in [0.4, 0.5) is 24.5 Å². The van der Waals surface area contributed by atoms with Crippen LogP contribution in [0.3, 0.4) is 0 Å². The summed E-state index contributed by atoms with van der Waals surface area (Å²) < 4.78 is 47.3. The van der Waals surface area contributed by atoms with E-state index in [1.165, 1.54) is 30.5 Å². The van der Waals surface area contributed by atoms with Crippen LogP contribution < -0.4 is 15.2 Å². The fraction of sp³-hybridized carbons (Fsp3) is 0.103. The second kappa shape index (κ2) is 11.1. The summed E-state index contributed by atoms with van der Waals surface area (Å²) in [4.78, 5) is 34.2. The van der Waals surface area contributed by atoms with Gasteiger partial charge in [-0.25, -0.2) is 9.97 Å². The Morgan fingerprint density at radius 3 is 2.50 bits per heavy atom. The number of halogens is 3. The quantitative estimate of drug-likeness (QED) is 0.131. The molecule has 0 fully saturated rings. The molecule has 0 atom stereocenters. The molecule has 0 aliphatic heterocycles. The third-order valence-corrected chi connectivity index (χ3v) is 6.17. The number of nitrogens with zero attached hydrogens (tertiary/aromatic N) is 6. The smallest absolute Gasteiger partial charge is 0.416 e. The predicted octanol–water partition coefficient (Wildman–Crippen LogP) is 6.13. The van der Waals surface area contributed by atoms with Crippen LogP contribution in [0.1, 0.15) is 11.1 Å². The van der Waals surface area contributed by atoms with E-state index in [4.69, 9.17) is 4.74 Å². The second-order valence-electron chi connectivity index (χ2n) is 9.22. The Morgan fingerprint density at radius 2 is 1.81 bits per heavy atom. The fourth-order valence-electron chi connectivity index (χ4n) is 4.02. The number of hydrogen-bond donors (Lipinski definition) is 0. The highest BCUT2D eigenvalue weighted by molar-refractivity contribution is 5.85.